The molecule has 0 aliphatic heterocycles. The second-order valence-electron chi connectivity index (χ2n) is 3.37. The molecule has 5 nitrogen and oxygen atoms in total. The van der Waals surface area contributed by atoms with Crippen molar-refractivity contribution in [3.63, 3.8) is 0 Å². The van der Waals surface area contributed by atoms with Crippen molar-refractivity contribution in [3.8, 4) is 11.4 Å². The first-order valence-corrected chi connectivity index (χ1v) is 5.07. The summed E-state index contributed by atoms with van der Waals surface area (Å²) in [6, 6.07) is 8.03. The Balaban J connectivity index is 2.21. The maximum Gasteiger partial charge on any atom is 0.255 e. The summed E-state index contributed by atoms with van der Waals surface area (Å²) in [6.07, 6.45) is 1.01. The molecule has 0 saturated heterocycles. The van der Waals surface area contributed by atoms with Crippen LogP contribution < -0.4 is 5.90 Å². The Labute approximate surface area is 93.2 Å². The van der Waals surface area contributed by atoms with Gasteiger partial charge in [-0.15, -0.1) is 0 Å². The van der Waals surface area contributed by atoms with Crippen LogP contribution in [0.5, 0.6) is 0 Å². The molecule has 1 aromatic heterocycles. The van der Waals surface area contributed by atoms with Gasteiger partial charge in [0.2, 0.25) is 5.82 Å². The Morgan fingerprint density at radius 3 is 2.69 bits per heavy atom. The topological polar surface area (TPSA) is 74.2 Å². The van der Waals surface area contributed by atoms with Crippen LogP contribution in [0.25, 0.3) is 11.4 Å². The summed E-state index contributed by atoms with van der Waals surface area (Å²) in [5.74, 6) is 5.84. The quantitative estimate of drug-likeness (QED) is 0.792. The van der Waals surface area contributed by atoms with Crippen LogP contribution in [0.15, 0.2) is 28.8 Å². The van der Waals surface area contributed by atoms with E-state index in [0.29, 0.717) is 11.7 Å². The van der Waals surface area contributed by atoms with Crippen LogP contribution in [0.4, 0.5) is 0 Å². The summed E-state index contributed by atoms with van der Waals surface area (Å²) in [7, 11) is 0. The standard InChI is InChI=1S/C11H13N3O2/c1-2-8-3-5-9(6-4-8)11-13-10(7-15-12)16-14-11/h3-6H,2,7,12H2,1H3. The first-order valence-electron chi connectivity index (χ1n) is 5.07. The van der Waals surface area contributed by atoms with Gasteiger partial charge in [-0.2, -0.15) is 4.98 Å². The number of hydrogen-bond acceptors (Lipinski definition) is 5. The van der Waals surface area contributed by atoms with Gasteiger partial charge in [0.1, 0.15) is 6.61 Å². The molecule has 0 fully saturated rings. The second kappa shape index (κ2) is 4.87. The second-order valence-corrected chi connectivity index (χ2v) is 3.37. The van der Waals surface area contributed by atoms with Crippen LogP contribution in [0.1, 0.15) is 18.4 Å². The van der Waals surface area contributed by atoms with Crippen LogP contribution in [0.2, 0.25) is 0 Å². The van der Waals surface area contributed by atoms with E-state index in [9.17, 15) is 0 Å². The lowest BCUT2D eigenvalue weighted by Crippen LogP contribution is -1.98. The fourth-order valence-corrected chi connectivity index (χ4v) is 1.39. The smallest absolute Gasteiger partial charge is 0.255 e. The lowest BCUT2D eigenvalue weighted by atomic mass is 10.1. The highest BCUT2D eigenvalue weighted by Crippen LogP contribution is 2.16. The van der Waals surface area contributed by atoms with E-state index < -0.39 is 0 Å². The number of benzene rings is 1. The van der Waals surface area contributed by atoms with Gasteiger partial charge >= 0.3 is 0 Å². The summed E-state index contributed by atoms with van der Waals surface area (Å²) in [6.45, 7) is 2.24. The van der Waals surface area contributed by atoms with E-state index in [-0.39, 0.29) is 6.61 Å². The molecule has 84 valence electrons. The molecule has 1 aromatic carbocycles. The highest BCUT2D eigenvalue weighted by atomic mass is 16.6. The molecular weight excluding hydrogens is 206 g/mol. The summed E-state index contributed by atoms with van der Waals surface area (Å²) < 4.78 is 4.95. The Kier molecular flexibility index (Phi) is 3.28. The van der Waals surface area contributed by atoms with Gasteiger partial charge in [-0.05, 0) is 12.0 Å². The summed E-state index contributed by atoms with van der Waals surface area (Å²) in [4.78, 5) is 8.56. The Morgan fingerprint density at radius 1 is 1.31 bits per heavy atom. The largest absolute Gasteiger partial charge is 0.336 e. The van der Waals surface area contributed by atoms with Gasteiger partial charge in [0.25, 0.3) is 5.89 Å². The highest BCUT2D eigenvalue weighted by Gasteiger charge is 2.07. The van der Waals surface area contributed by atoms with Crippen molar-refractivity contribution in [2.24, 2.45) is 5.90 Å². The fourth-order valence-electron chi connectivity index (χ4n) is 1.39. The maximum atomic E-state index is 4.95. The number of rotatable bonds is 4. The van der Waals surface area contributed by atoms with Crippen molar-refractivity contribution in [3.05, 3.63) is 35.7 Å². The fraction of sp³-hybridized carbons (Fsp3) is 0.273. The summed E-state index contributed by atoms with van der Waals surface area (Å²) >= 11 is 0. The Bertz CT molecular complexity index is 451. The lowest BCUT2D eigenvalue weighted by molar-refractivity contribution is 0.0996. The maximum absolute atomic E-state index is 4.95. The number of nitrogens with zero attached hydrogens (tertiary/aromatic N) is 2. The molecule has 0 aliphatic rings. The van der Waals surface area contributed by atoms with E-state index in [2.05, 4.69) is 21.9 Å². The van der Waals surface area contributed by atoms with Gasteiger partial charge in [0.05, 0.1) is 0 Å². The van der Waals surface area contributed by atoms with Gasteiger partial charge in [0, 0.05) is 5.56 Å². The summed E-state index contributed by atoms with van der Waals surface area (Å²) in [5, 5.41) is 3.84. The van der Waals surface area contributed by atoms with Crippen LogP contribution >= 0.6 is 0 Å². The molecule has 16 heavy (non-hydrogen) atoms. The van der Waals surface area contributed by atoms with E-state index in [0.717, 1.165) is 12.0 Å². The molecule has 0 atom stereocenters. The molecule has 0 bridgehead atoms. The third-order valence-corrected chi connectivity index (χ3v) is 2.30. The van der Waals surface area contributed by atoms with Crippen molar-refractivity contribution < 1.29 is 9.36 Å². The van der Waals surface area contributed by atoms with Crippen molar-refractivity contribution in [1.29, 1.82) is 0 Å². The molecule has 0 aliphatic carbocycles. The van der Waals surface area contributed by atoms with Crippen LogP contribution in [0.3, 0.4) is 0 Å². The average Bonchev–Trinajstić information content (AvgIpc) is 2.78. The highest BCUT2D eigenvalue weighted by molar-refractivity contribution is 5.54. The molecule has 2 aromatic rings. The minimum absolute atomic E-state index is 0.125. The zero-order valence-corrected chi connectivity index (χ0v) is 9.01. The Hall–Kier alpha value is -1.72. The molecule has 0 unspecified atom stereocenters. The van der Waals surface area contributed by atoms with Gasteiger partial charge in [0.15, 0.2) is 0 Å². The van der Waals surface area contributed by atoms with E-state index in [1.807, 2.05) is 24.3 Å². The molecule has 0 amide bonds. The molecule has 5 heteroatoms. The average molecular weight is 219 g/mol. The van der Waals surface area contributed by atoms with Gasteiger partial charge in [-0.1, -0.05) is 36.3 Å². The molecule has 0 saturated carbocycles. The Morgan fingerprint density at radius 2 is 2.06 bits per heavy atom. The normalized spacial score (nSPS) is 10.6. The van der Waals surface area contributed by atoms with Gasteiger partial charge < -0.3 is 4.52 Å². The monoisotopic (exact) mass is 219 g/mol. The molecular formula is C11H13N3O2. The van der Waals surface area contributed by atoms with Crippen molar-refractivity contribution in [2.75, 3.05) is 0 Å². The number of aryl methyl sites for hydroxylation is 1. The predicted octanol–water partition coefficient (Wildman–Crippen LogP) is 1.69. The summed E-state index contributed by atoms with van der Waals surface area (Å²) in [5.41, 5.74) is 2.20. The predicted molar refractivity (Wildman–Crippen MR) is 58.1 cm³/mol. The van der Waals surface area contributed by atoms with Crippen molar-refractivity contribution in [1.82, 2.24) is 10.1 Å². The van der Waals surface area contributed by atoms with Crippen LogP contribution in [-0.4, -0.2) is 10.1 Å². The lowest BCUT2D eigenvalue weighted by Gasteiger charge is -1.97. The van der Waals surface area contributed by atoms with E-state index in [1.165, 1.54) is 5.56 Å². The molecule has 2 N–H and O–H groups in total. The van der Waals surface area contributed by atoms with Crippen molar-refractivity contribution in [2.45, 2.75) is 20.0 Å². The molecule has 1 heterocycles. The van der Waals surface area contributed by atoms with E-state index in [1.54, 1.807) is 0 Å². The zero-order valence-electron chi connectivity index (χ0n) is 9.01. The van der Waals surface area contributed by atoms with Gasteiger partial charge in [-0.3, -0.25) is 4.84 Å². The minimum Gasteiger partial charge on any atom is -0.336 e. The third kappa shape index (κ3) is 2.26. The molecule has 2 rings (SSSR count). The third-order valence-electron chi connectivity index (χ3n) is 2.30. The van der Waals surface area contributed by atoms with Crippen molar-refractivity contribution >= 4 is 0 Å². The van der Waals surface area contributed by atoms with E-state index >= 15 is 0 Å². The van der Waals surface area contributed by atoms with Crippen LogP contribution in [-0.2, 0) is 17.9 Å². The zero-order chi connectivity index (χ0) is 11.4. The van der Waals surface area contributed by atoms with Gasteiger partial charge in [-0.25, -0.2) is 5.90 Å². The number of aromatic nitrogens is 2. The first kappa shape index (κ1) is 10.8. The van der Waals surface area contributed by atoms with Crippen LogP contribution in [0, 0.1) is 0 Å². The molecule has 0 spiro atoms. The number of hydrogen-bond donors (Lipinski definition) is 1. The van der Waals surface area contributed by atoms with E-state index in [4.69, 9.17) is 10.4 Å². The SMILES string of the molecule is CCc1ccc(-c2noc(CON)n2)cc1. The first-order chi connectivity index (χ1) is 7.83. The number of nitrogens with two attached hydrogens (primary N) is 1. The molecule has 0 radical (unpaired) electrons. The minimum atomic E-state index is 0.125.